The first-order valence-electron chi connectivity index (χ1n) is 5.10. The van der Waals surface area contributed by atoms with Crippen LogP contribution < -0.4 is 11.1 Å². The van der Waals surface area contributed by atoms with Crippen molar-refractivity contribution in [3.8, 4) is 0 Å². The Morgan fingerprint density at radius 2 is 1.88 bits per heavy atom. The summed E-state index contributed by atoms with van der Waals surface area (Å²) in [7, 11) is -4.38. The monoisotopic (exact) mass is 252 g/mol. The second kappa shape index (κ2) is 5.27. The van der Waals surface area contributed by atoms with Crippen LogP contribution in [0.25, 0.3) is 0 Å². The summed E-state index contributed by atoms with van der Waals surface area (Å²) in [4.78, 5) is 29.6. The van der Waals surface area contributed by atoms with Crippen molar-refractivity contribution in [3.05, 3.63) is 0 Å². The molecule has 5 N–H and O–H groups in total. The van der Waals surface area contributed by atoms with E-state index in [0.29, 0.717) is 6.42 Å². The number of amides is 1. The largest absolute Gasteiger partial charge is 0.350 e. The van der Waals surface area contributed by atoms with E-state index in [9.17, 15) is 9.36 Å². The Hall–Kier alpha value is -0.420. The van der Waals surface area contributed by atoms with Crippen LogP contribution in [0.5, 0.6) is 0 Å². The number of hydrogen-bond donors (Lipinski definition) is 4. The van der Waals surface area contributed by atoms with Gasteiger partial charge in [0.05, 0.1) is 6.04 Å². The highest BCUT2D eigenvalue weighted by Gasteiger charge is 2.39. The molecule has 6 nitrogen and oxygen atoms in total. The van der Waals surface area contributed by atoms with Crippen LogP contribution in [0.2, 0.25) is 0 Å². The number of nitrogens with two attached hydrogens (primary N) is 1. The number of carbonyl (C=O) groups is 1. The Balaban J connectivity index is 4.51. The molecule has 0 aromatic rings. The van der Waals surface area contributed by atoms with Crippen molar-refractivity contribution >= 4 is 13.5 Å². The lowest BCUT2D eigenvalue weighted by Crippen LogP contribution is -2.50. The van der Waals surface area contributed by atoms with Crippen molar-refractivity contribution in [2.24, 2.45) is 11.7 Å². The Labute approximate surface area is 95.8 Å². The molecule has 0 saturated carbocycles. The summed E-state index contributed by atoms with van der Waals surface area (Å²) in [5.41, 5.74) is 5.60. The zero-order valence-corrected chi connectivity index (χ0v) is 11.0. The highest BCUT2D eigenvalue weighted by molar-refractivity contribution is 7.53. The van der Waals surface area contributed by atoms with E-state index in [1.165, 1.54) is 13.8 Å². The van der Waals surface area contributed by atoms with Gasteiger partial charge in [-0.05, 0) is 26.2 Å². The van der Waals surface area contributed by atoms with Crippen molar-refractivity contribution in [2.75, 3.05) is 0 Å². The minimum atomic E-state index is -4.38. The van der Waals surface area contributed by atoms with E-state index in [0.717, 1.165) is 0 Å². The molecule has 0 unspecified atom stereocenters. The van der Waals surface area contributed by atoms with Crippen molar-refractivity contribution in [3.63, 3.8) is 0 Å². The van der Waals surface area contributed by atoms with Crippen molar-refractivity contribution < 1.29 is 19.1 Å². The first-order chi connectivity index (χ1) is 6.97. The summed E-state index contributed by atoms with van der Waals surface area (Å²) in [6, 6.07) is -0.745. The second-order valence-electron chi connectivity index (χ2n) is 4.83. The SMILES string of the molecule is CC(C)C[C@H](N)C(=O)NC(C)(C)P(=O)(O)O. The summed E-state index contributed by atoms with van der Waals surface area (Å²) < 4.78 is 11.1. The lowest BCUT2D eigenvalue weighted by Gasteiger charge is -2.28. The van der Waals surface area contributed by atoms with Crippen LogP contribution in [0, 0.1) is 5.92 Å². The standard InChI is InChI=1S/C9H21N2O4P/c1-6(2)5-7(10)8(12)11-9(3,4)16(13,14)15/h6-7H,5,10H2,1-4H3,(H,11,12)(H2,13,14,15)/t7-/m0/s1. The van der Waals surface area contributed by atoms with E-state index >= 15 is 0 Å². The van der Waals surface area contributed by atoms with Crippen LogP contribution in [0.4, 0.5) is 0 Å². The predicted molar refractivity (Wildman–Crippen MR) is 61.7 cm³/mol. The topological polar surface area (TPSA) is 113 Å². The molecular formula is C9H21N2O4P. The summed E-state index contributed by atoms with van der Waals surface area (Å²) in [5, 5.41) is 0.690. The van der Waals surface area contributed by atoms with Gasteiger partial charge in [-0.2, -0.15) is 0 Å². The molecule has 0 saturated heterocycles. The van der Waals surface area contributed by atoms with Crippen molar-refractivity contribution in [1.29, 1.82) is 0 Å². The molecule has 0 heterocycles. The Morgan fingerprint density at radius 1 is 1.44 bits per heavy atom. The molecule has 16 heavy (non-hydrogen) atoms. The molecule has 0 aliphatic heterocycles. The van der Waals surface area contributed by atoms with Gasteiger partial charge in [0.1, 0.15) is 5.28 Å². The molecule has 1 amide bonds. The molecule has 0 aliphatic rings. The molecule has 1 atom stereocenters. The van der Waals surface area contributed by atoms with E-state index in [4.69, 9.17) is 15.5 Å². The predicted octanol–water partition coefficient (Wildman–Crippen LogP) is 0.390. The number of carbonyl (C=O) groups excluding carboxylic acids is 1. The fourth-order valence-corrected chi connectivity index (χ4v) is 1.34. The first kappa shape index (κ1) is 15.6. The van der Waals surface area contributed by atoms with Gasteiger partial charge in [0.15, 0.2) is 0 Å². The highest BCUT2D eigenvalue weighted by Crippen LogP contribution is 2.48. The molecule has 0 radical (unpaired) electrons. The fourth-order valence-electron chi connectivity index (χ4n) is 1.08. The van der Waals surface area contributed by atoms with Crippen LogP contribution in [0.1, 0.15) is 34.1 Å². The molecule has 0 aliphatic carbocycles. The third kappa shape index (κ3) is 4.61. The summed E-state index contributed by atoms with van der Waals surface area (Å²) in [5.74, 6) is -0.291. The van der Waals surface area contributed by atoms with Gasteiger partial charge in [0.25, 0.3) is 0 Å². The Morgan fingerprint density at radius 3 is 2.19 bits per heavy atom. The molecule has 96 valence electrons. The Kier molecular flexibility index (Phi) is 5.14. The molecule has 0 fully saturated rings. The highest BCUT2D eigenvalue weighted by atomic mass is 31.2. The average molecular weight is 252 g/mol. The molecule has 0 aromatic carbocycles. The van der Waals surface area contributed by atoms with E-state index < -0.39 is 24.8 Å². The van der Waals surface area contributed by atoms with Crippen molar-refractivity contribution in [2.45, 2.75) is 45.4 Å². The minimum absolute atomic E-state index is 0.249. The van der Waals surface area contributed by atoms with Crippen LogP contribution in [-0.2, 0) is 9.36 Å². The van der Waals surface area contributed by atoms with Crippen molar-refractivity contribution in [1.82, 2.24) is 5.32 Å². The lowest BCUT2D eigenvalue weighted by molar-refractivity contribution is -0.123. The number of rotatable bonds is 5. The molecule has 0 spiro atoms. The summed E-state index contributed by atoms with van der Waals surface area (Å²) in [6.45, 7) is 6.38. The van der Waals surface area contributed by atoms with Crippen LogP contribution >= 0.6 is 7.60 Å². The number of hydrogen-bond acceptors (Lipinski definition) is 3. The maximum absolute atomic E-state index is 11.6. The summed E-state index contributed by atoms with van der Waals surface area (Å²) >= 11 is 0. The third-order valence-corrected chi connectivity index (χ3v) is 3.79. The normalized spacial score (nSPS) is 15.0. The van der Waals surface area contributed by atoms with Gasteiger partial charge in [-0.1, -0.05) is 13.8 Å². The second-order valence-corrected chi connectivity index (χ2v) is 7.03. The van der Waals surface area contributed by atoms with E-state index in [2.05, 4.69) is 5.32 Å². The zero-order valence-electron chi connectivity index (χ0n) is 10.1. The van der Waals surface area contributed by atoms with E-state index in [1.807, 2.05) is 13.8 Å². The molecule has 0 aromatic heterocycles. The summed E-state index contributed by atoms with van der Waals surface area (Å²) in [6.07, 6.45) is 0.475. The zero-order chi connectivity index (χ0) is 13.1. The maximum Gasteiger partial charge on any atom is 0.350 e. The minimum Gasteiger partial charge on any atom is -0.339 e. The average Bonchev–Trinajstić information content (AvgIpc) is 1.99. The molecule has 7 heteroatoms. The van der Waals surface area contributed by atoms with Gasteiger partial charge in [-0.15, -0.1) is 0 Å². The molecular weight excluding hydrogens is 231 g/mol. The van der Waals surface area contributed by atoms with E-state index in [1.54, 1.807) is 0 Å². The number of nitrogens with one attached hydrogen (secondary N) is 1. The van der Waals surface area contributed by atoms with Gasteiger partial charge < -0.3 is 20.8 Å². The smallest absolute Gasteiger partial charge is 0.339 e. The third-order valence-electron chi connectivity index (χ3n) is 2.22. The van der Waals surface area contributed by atoms with Gasteiger partial charge in [0, 0.05) is 0 Å². The van der Waals surface area contributed by atoms with Crippen LogP contribution in [-0.4, -0.2) is 27.0 Å². The van der Waals surface area contributed by atoms with E-state index in [-0.39, 0.29) is 5.92 Å². The quantitative estimate of drug-likeness (QED) is 0.529. The lowest BCUT2D eigenvalue weighted by atomic mass is 10.0. The Bertz CT molecular complexity index is 298. The van der Waals surface area contributed by atoms with Gasteiger partial charge in [0.2, 0.25) is 5.91 Å². The fraction of sp³-hybridized carbons (Fsp3) is 0.889. The molecule has 0 bridgehead atoms. The van der Waals surface area contributed by atoms with Crippen LogP contribution in [0.15, 0.2) is 0 Å². The maximum atomic E-state index is 11.6. The molecule has 0 rings (SSSR count). The first-order valence-corrected chi connectivity index (χ1v) is 6.72. The van der Waals surface area contributed by atoms with Gasteiger partial charge in [-0.25, -0.2) is 0 Å². The van der Waals surface area contributed by atoms with Gasteiger partial charge in [-0.3, -0.25) is 9.36 Å². The van der Waals surface area contributed by atoms with Gasteiger partial charge >= 0.3 is 7.60 Å². The van der Waals surface area contributed by atoms with Crippen LogP contribution in [0.3, 0.4) is 0 Å².